The Hall–Kier alpha value is -2.55. The van der Waals surface area contributed by atoms with Crippen molar-refractivity contribution >= 4 is 17.3 Å². The van der Waals surface area contributed by atoms with E-state index in [1.165, 1.54) is 41.2 Å². The lowest BCUT2D eigenvalue weighted by atomic mass is 9.70. The molecule has 0 saturated heterocycles. The highest BCUT2D eigenvalue weighted by Crippen LogP contribution is 2.42. The first kappa shape index (κ1) is 33.7. The lowest BCUT2D eigenvalue weighted by Gasteiger charge is -2.33. The molecule has 2 aromatic carbocycles. The molecule has 3 nitrogen and oxygen atoms in total. The van der Waals surface area contributed by atoms with Crippen LogP contribution in [0.1, 0.15) is 139 Å². The molecular formula is C37H54O3. The third-order valence-electron chi connectivity index (χ3n) is 8.41. The number of carbonyl (C=O) groups excluding carboxylic acids is 3. The van der Waals surface area contributed by atoms with Gasteiger partial charge in [-0.25, -0.2) is 0 Å². The van der Waals surface area contributed by atoms with E-state index in [0.29, 0.717) is 12.3 Å². The van der Waals surface area contributed by atoms with Crippen molar-refractivity contribution in [2.24, 2.45) is 17.8 Å². The predicted molar refractivity (Wildman–Crippen MR) is 169 cm³/mol. The van der Waals surface area contributed by atoms with E-state index in [0.717, 1.165) is 49.7 Å². The number of aryl methyl sites for hydroxylation is 1. The zero-order chi connectivity index (χ0) is 30.0. The minimum atomic E-state index is -0.0971. The molecule has 0 radical (unpaired) electrons. The second-order valence-electron chi connectivity index (χ2n) is 12.2. The van der Waals surface area contributed by atoms with E-state index < -0.39 is 0 Å². The molecule has 3 unspecified atom stereocenters. The zero-order valence-corrected chi connectivity index (χ0v) is 26.8. The van der Waals surface area contributed by atoms with Crippen LogP contribution in [0.5, 0.6) is 0 Å². The van der Waals surface area contributed by atoms with Crippen LogP contribution in [-0.2, 0) is 22.4 Å². The lowest BCUT2D eigenvalue weighted by molar-refractivity contribution is -0.129. The molecule has 0 fully saturated rings. The summed E-state index contributed by atoms with van der Waals surface area (Å²) in [6.45, 7) is 18.7. The molecule has 220 valence electrons. The van der Waals surface area contributed by atoms with Crippen molar-refractivity contribution in [2.45, 2.75) is 126 Å². The minimum absolute atomic E-state index is 0.0316. The van der Waals surface area contributed by atoms with Crippen molar-refractivity contribution in [1.29, 1.82) is 0 Å². The summed E-state index contributed by atoms with van der Waals surface area (Å²) in [5.74, 6) is 0.951. The summed E-state index contributed by atoms with van der Waals surface area (Å²) < 4.78 is 0. The molecule has 0 saturated carbocycles. The molecule has 0 amide bonds. The van der Waals surface area contributed by atoms with Gasteiger partial charge in [0.15, 0.2) is 5.78 Å². The van der Waals surface area contributed by atoms with Gasteiger partial charge in [0.05, 0.1) is 6.42 Å². The van der Waals surface area contributed by atoms with E-state index in [4.69, 9.17) is 0 Å². The van der Waals surface area contributed by atoms with E-state index in [1.54, 1.807) is 0 Å². The first-order chi connectivity index (χ1) is 19.0. The number of ketones is 3. The summed E-state index contributed by atoms with van der Waals surface area (Å²) in [5.41, 5.74) is 8.19. The summed E-state index contributed by atoms with van der Waals surface area (Å²) >= 11 is 0. The molecule has 2 aromatic rings. The van der Waals surface area contributed by atoms with Crippen LogP contribution in [-0.4, -0.2) is 17.3 Å². The molecule has 0 spiro atoms. The topological polar surface area (TPSA) is 51.2 Å². The van der Waals surface area contributed by atoms with E-state index in [1.807, 2.05) is 0 Å². The van der Waals surface area contributed by atoms with Crippen LogP contribution in [0, 0.1) is 24.7 Å². The van der Waals surface area contributed by atoms with Gasteiger partial charge >= 0.3 is 0 Å². The fourth-order valence-corrected chi connectivity index (χ4v) is 6.56. The third-order valence-corrected chi connectivity index (χ3v) is 8.41. The van der Waals surface area contributed by atoms with Crippen LogP contribution in [0.4, 0.5) is 0 Å². The van der Waals surface area contributed by atoms with Gasteiger partial charge in [0.1, 0.15) is 11.6 Å². The fourth-order valence-electron chi connectivity index (χ4n) is 6.56. The second kappa shape index (κ2) is 16.0. The molecule has 0 N–H and O–H groups in total. The molecule has 0 bridgehead atoms. The summed E-state index contributed by atoms with van der Waals surface area (Å²) in [6.07, 6.45) is 7.32. The Balaban J connectivity index is 0.00000178. The molecular weight excluding hydrogens is 492 g/mol. The molecule has 0 heterocycles. The summed E-state index contributed by atoms with van der Waals surface area (Å²) in [5, 5.41) is 0. The monoisotopic (exact) mass is 546 g/mol. The van der Waals surface area contributed by atoms with Crippen LogP contribution in [0.25, 0.3) is 11.1 Å². The minimum Gasteiger partial charge on any atom is -0.300 e. The van der Waals surface area contributed by atoms with E-state index >= 15 is 0 Å². The molecule has 3 atom stereocenters. The molecule has 1 aliphatic rings. The lowest BCUT2D eigenvalue weighted by Crippen LogP contribution is -2.30. The Morgan fingerprint density at radius 3 is 2.10 bits per heavy atom. The quantitative estimate of drug-likeness (QED) is 0.249. The van der Waals surface area contributed by atoms with E-state index in [2.05, 4.69) is 85.7 Å². The van der Waals surface area contributed by atoms with Gasteiger partial charge < -0.3 is 0 Å². The zero-order valence-electron chi connectivity index (χ0n) is 26.8. The number of hydrogen-bond donors (Lipinski definition) is 0. The van der Waals surface area contributed by atoms with Crippen LogP contribution in [0.2, 0.25) is 0 Å². The first-order valence-electron chi connectivity index (χ1n) is 15.8. The highest BCUT2D eigenvalue weighted by atomic mass is 16.1. The Bertz CT molecular complexity index is 1140. The SMILES string of the molecule is CCC.CCCC(CC1CC(=O)c2c(C)c(-c3ccc(CC)cc3)cc(C(C)C)c2C1)C(CC)C(=O)CC(C)=O. The van der Waals surface area contributed by atoms with Crippen molar-refractivity contribution in [3.8, 4) is 11.1 Å². The molecule has 3 heteroatoms. The standard InChI is InChI=1S/C34H46O3.C3H8/c1-8-11-27(28(10-3)32(36)16-22(6)35)17-25-18-31-29(21(4)5)20-30(23(7)34(31)33(37)19-25)26-14-12-24(9-2)13-15-26;1-3-2/h12-15,20-21,25,27-28H,8-11,16-19H2,1-7H3;3H2,1-2H3. The largest absolute Gasteiger partial charge is 0.300 e. The molecule has 0 aromatic heterocycles. The third kappa shape index (κ3) is 8.48. The van der Waals surface area contributed by atoms with Gasteiger partial charge in [-0.3, -0.25) is 14.4 Å². The summed E-state index contributed by atoms with van der Waals surface area (Å²) in [7, 11) is 0. The average Bonchev–Trinajstić information content (AvgIpc) is 2.89. The van der Waals surface area contributed by atoms with Gasteiger partial charge in [0.25, 0.3) is 0 Å². The Morgan fingerprint density at radius 1 is 0.975 bits per heavy atom. The van der Waals surface area contributed by atoms with E-state index in [9.17, 15) is 14.4 Å². The molecule has 40 heavy (non-hydrogen) atoms. The van der Waals surface area contributed by atoms with Crippen molar-refractivity contribution in [3.05, 3.63) is 58.1 Å². The fraction of sp³-hybridized carbons (Fsp3) is 0.595. The van der Waals surface area contributed by atoms with Gasteiger partial charge in [-0.1, -0.05) is 98.1 Å². The number of benzene rings is 2. The summed E-state index contributed by atoms with van der Waals surface area (Å²) in [4.78, 5) is 38.3. The van der Waals surface area contributed by atoms with Crippen molar-refractivity contribution < 1.29 is 14.4 Å². The maximum atomic E-state index is 13.7. The maximum Gasteiger partial charge on any atom is 0.163 e. The number of fused-ring (bicyclic) bond motifs is 1. The smallest absolute Gasteiger partial charge is 0.163 e. The van der Waals surface area contributed by atoms with Gasteiger partial charge in [0.2, 0.25) is 0 Å². The van der Waals surface area contributed by atoms with Crippen LogP contribution in [0.15, 0.2) is 30.3 Å². The number of rotatable bonds is 12. The second-order valence-corrected chi connectivity index (χ2v) is 12.2. The van der Waals surface area contributed by atoms with Gasteiger partial charge in [-0.15, -0.1) is 0 Å². The summed E-state index contributed by atoms with van der Waals surface area (Å²) in [6, 6.07) is 11.1. The number of Topliss-reactive ketones (excluding diaryl/α,β-unsaturated/α-hetero) is 3. The van der Waals surface area contributed by atoms with Crippen molar-refractivity contribution in [3.63, 3.8) is 0 Å². The normalized spacial score (nSPS) is 16.1. The maximum absolute atomic E-state index is 13.7. The van der Waals surface area contributed by atoms with Crippen molar-refractivity contribution in [1.82, 2.24) is 0 Å². The Kier molecular flexibility index (Phi) is 13.5. The predicted octanol–water partition coefficient (Wildman–Crippen LogP) is 9.89. The number of hydrogen-bond acceptors (Lipinski definition) is 3. The average molecular weight is 547 g/mol. The van der Waals surface area contributed by atoms with Crippen molar-refractivity contribution in [2.75, 3.05) is 0 Å². The van der Waals surface area contributed by atoms with Crippen LogP contribution in [0.3, 0.4) is 0 Å². The molecule has 3 rings (SSSR count). The highest BCUT2D eigenvalue weighted by Gasteiger charge is 2.34. The first-order valence-corrected chi connectivity index (χ1v) is 15.8. The Labute approximate surface area is 244 Å². The number of carbonyl (C=O) groups is 3. The van der Waals surface area contributed by atoms with Crippen LogP contribution < -0.4 is 0 Å². The highest BCUT2D eigenvalue weighted by molar-refractivity contribution is 6.02. The Morgan fingerprint density at radius 2 is 1.60 bits per heavy atom. The van der Waals surface area contributed by atoms with Crippen LogP contribution >= 0.6 is 0 Å². The van der Waals surface area contributed by atoms with Gasteiger partial charge in [-0.2, -0.15) is 0 Å². The van der Waals surface area contributed by atoms with Gasteiger partial charge in [-0.05, 0) is 90.7 Å². The molecule has 0 aliphatic heterocycles. The molecule has 1 aliphatic carbocycles. The van der Waals surface area contributed by atoms with Gasteiger partial charge in [0, 0.05) is 17.9 Å². The van der Waals surface area contributed by atoms with E-state index in [-0.39, 0.29) is 41.5 Å².